The number of nitro benzene ring substituents is 1. The number of furan rings is 1. The molecule has 0 saturated heterocycles. The molecule has 0 saturated carbocycles. The number of nitrogens with zero attached hydrogens (tertiary/aromatic N) is 5. The van der Waals surface area contributed by atoms with E-state index in [0.717, 1.165) is 28.8 Å². The number of pyridine rings is 1. The molecule has 0 aliphatic rings. The number of hydrogen-bond acceptors (Lipinski definition) is 9. The quantitative estimate of drug-likeness (QED) is 0.150. The van der Waals surface area contributed by atoms with E-state index in [9.17, 15) is 25.0 Å². The number of amides is 1. The predicted molar refractivity (Wildman–Crippen MR) is 144 cm³/mol. The number of benzene rings is 2. The van der Waals surface area contributed by atoms with Crippen molar-refractivity contribution in [3.63, 3.8) is 0 Å². The molecule has 3 heterocycles. The third-order valence-corrected chi connectivity index (χ3v) is 6.02. The average molecular weight is 540 g/mol. The lowest BCUT2D eigenvalue weighted by atomic mass is 10.2. The molecule has 0 radical (unpaired) electrons. The number of hydrogen-bond donors (Lipinski definition) is 1. The van der Waals surface area contributed by atoms with E-state index >= 15 is 0 Å². The van der Waals surface area contributed by atoms with Crippen LogP contribution in [0.2, 0.25) is 0 Å². The molecular formula is C27H20N6O7. The molecule has 2 aromatic carbocycles. The largest absolute Gasteiger partial charge is 0.451 e. The van der Waals surface area contributed by atoms with Gasteiger partial charge in [0.2, 0.25) is 5.88 Å². The number of nitrogens with one attached hydrogen (secondary N) is 1. The van der Waals surface area contributed by atoms with Gasteiger partial charge in [-0.25, -0.2) is 10.4 Å². The molecule has 5 aromatic rings. The van der Waals surface area contributed by atoms with Crippen LogP contribution in [0.1, 0.15) is 27.5 Å². The van der Waals surface area contributed by atoms with Crippen LogP contribution in [0, 0.1) is 34.1 Å². The molecule has 3 aromatic heterocycles. The fraction of sp³-hybridized carbons (Fsp3) is 0.0741. The standard InChI is InChI=1S/C27H20N6O7/c1-16-11-19(14-29-30-27(34)25-13-18-12-21(32(35)36)5-9-24(18)40-25)17(2)31(16)20-3-7-23(8-4-20)39-26-10-6-22(15-28-26)33(37)38/h3-15H,1-2H3,(H,30,34)/b29-14+. The van der Waals surface area contributed by atoms with Crippen molar-refractivity contribution in [2.45, 2.75) is 13.8 Å². The van der Waals surface area contributed by atoms with Gasteiger partial charge in [0.25, 0.3) is 11.4 Å². The first-order valence-corrected chi connectivity index (χ1v) is 11.8. The SMILES string of the molecule is Cc1cc(/C=N/NC(=O)c2cc3cc([N+](=O)[O-])ccc3o2)c(C)n1-c1ccc(Oc2ccc([N+](=O)[O-])cn2)cc1. The van der Waals surface area contributed by atoms with Crippen LogP contribution in [0.3, 0.4) is 0 Å². The molecule has 0 fully saturated rings. The molecule has 1 N–H and O–H groups in total. The summed E-state index contributed by atoms with van der Waals surface area (Å²) in [7, 11) is 0. The Morgan fingerprint density at radius 2 is 1.73 bits per heavy atom. The summed E-state index contributed by atoms with van der Waals surface area (Å²) in [5.74, 6) is 0.125. The van der Waals surface area contributed by atoms with Crippen molar-refractivity contribution in [1.29, 1.82) is 0 Å². The van der Waals surface area contributed by atoms with E-state index < -0.39 is 15.8 Å². The van der Waals surface area contributed by atoms with Gasteiger partial charge in [-0.05, 0) is 56.3 Å². The Labute approximate surface area is 225 Å². The number of aromatic nitrogens is 2. The van der Waals surface area contributed by atoms with Crippen molar-refractivity contribution in [1.82, 2.24) is 15.0 Å². The van der Waals surface area contributed by atoms with Gasteiger partial charge in [0.1, 0.15) is 17.5 Å². The number of carbonyl (C=O) groups is 1. The second-order valence-corrected chi connectivity index (χ2v) is 8.66. The Kier molecular flexibility index (Phi) is 6.76. The van der Waals surface area contributed by atoms with Gasteiger partial charge in [0, 0.05) is 52.3 Å². The minimum absolute atomic E-state index is 0.0237. The summed E-state index contributed by atoms with van der Waals surface area (Å²) in [5.41, 5.74) is 5.97. The van der Waals surface area contributed by atoms with E-state index in [1.165, 1.54) is 42.6 Å². The first kappa shape index (κ1) is 25.8. The highest BCUT2D eigenvalue weighted by Crippen LogP contribution is 2.26. The van der Waals surface area contributed by atoms with Gasteiger partial charge in [-0.1, -0.05) is 0 Å². The van der Waals surface area contributed by atoms with Crippen LogP contribution in [0.4, 0.5) is 11.4 Å². The smallest absolute Gasteiger partial charge is 0.307 e. The number of hydrazone groups is 1. The second-order valence-electron chi connectivity index (χ2n) is 8.66. The number of non-ortho nitro benzene ring substituents is 1. The Hall–Kier alpha value is -5.85. The summed E-state index contributed by atoms with van der Waals surface area (Å²) in [5, 5.41) is 26.2. The summed E-state index contributed by atoms with van der Waals surface area (Å²) >= 11 is 0. The van der Waals surface area contributed by atoms with Crippen molar-refractivity contribution in [2.75, 3.05) is 0 Å². The fourth-order valence-corrected chi connectivity index (χ4v) is 4.11. The molecule has 0 aliphatic heterocycles. The third kappa shape index (κ3) is 5.24. The third-order valence-electron chi connectivity index (χ3n) is 6.02. The van der Waals surface area contributed by atoms with Gasteiger partial charge in [-0.15, -0.1) is 0 Å². The van der Waals surface area contributed by atoms with Crippen LogP contribution in [0.5, 0.6) is 11.6 Å². The van der Waals surface area contributed by atoms with Gasteiger partial charge in [0.15, 0.2) is 5.76 Å². The van der Waals surface area contributed by atoms with Gasteiger partial charge < -0.3 is 13.7 Å². The topological polar surface area (TPSA) is 168 Å². The van der Waals surface area contributed by atoms with Crippen molar-refractivity contribution >= 4 is 34.5 Å². The molecule has 0 bridgehead atoms. The minimum Gasteiger partial charge on any atom is -0.451 e. The Morgan fingerprint density at radius 3 is 2.40 bits per heavy atom. The van der Waals surface area contributed by atoms with Crippen LogP contribution in [0.15, 0.2) is 82.4 Å². The van der Waals surface area contributed by atoms with Crippen LogP contribution < -0.4 is 10.2 Å². The molecular weight excluding hydrogens is 520 g/mol. The zero-order valence-corrected chi connectivity index (χ0v) is 21.1. The molecule has 0 unspecified atom stereocenters. The lowest BCUT2D eigenvalue weighted by Gasteiger charge is -2.11. The molecule has 40 heavy (non-hydrogen) atoms. The van der Waals surface area contributed by atoms with Crippen LogP contribution in [-0.4, -0.2) is 31.5 Å². The number of carbonyl (C=O) groups excluding carboxylic acids is 1. The molecule has 5 rings (SSSR count). The summed E-state index contributed by atoms with van der Waals surface area (Å²) in [6.07, 6.45) is 2.65. The average Bonchev–Trinajstić information content (AvgIpc) is 3.49. The number of aryl methyl sites for hydroxylation is 1. The zero-order valence-electron chi connectivity index (χ0n) is 21.1. The van der Waals surface area contributed by atoms with Gasteiger partial charge in [-0.3, -0.25) is 25.0 Å². The summed E-state index contributed by atoms with van der Waals surface area (Å²) in [6, 6.07) is 17.4. The molecule has 13 heteroatoms. The van der Waals surface area contributed by atoms with Crippen LogP contribution >= 0.6 is 0 Å². The maximum atomic E-state index is 12.5. The normalized spacial score (nSPS) is 11.2. The maximum absolute atomic E-state index is 12.5. The van der Waals surface area contributed by atoms with Gasteiger partial charge in [-0.2, -0.15) is 5.10 Å². The minimum atomic E-state index is -0.595. The van der Waals surface area contributed by atoms with E-state index in [0.29, 0.717) is 16.7 Å². The second kappa shape index (κ2) is 10.5. The lowest BCUT2D eigenvalue weighted by molar-refractivity contribution is -0.385. The summed E-state index contributed by atoms with van der Waals surface area (Å²) < 4.78 is 13.2. The summed E-state index contributed by atoms with van der Waals surface area (Å²) in [6.45, 7) is 3.84. The highest BCUT2D eigenvalue weighted by Gasteiger charge is 2.15. The van der Waals surface area contributed by atoms with Crippen LogP contribution in [-0.2, 0) is 0 Å². The number of ether oxygens (including phenoxy) is 1. The van der Waals surface area contributed by atoms with E-state index in [4.69, 9.17) is 9.15 Å². The number of nitro groups is 2. The van der Waals surface area contributed by atoms with E-state index in [2.05, 4.69) is 15.5 Å². The monoisotopic (exact) mass is 540 g/mol. The fourth-order valence-electron chi connectivity index (χ4n) is 4.11. The Bertz CT molecular complexity index is 1790. The molecule has 0 spiro atoms. The van der Waals surface area contributed by atoms with Crippen molar-refractivity contribution < 1.29 is 23.8 Å². The first-order chi connectivity index (χ1) is 19.2. The van der Waals surface area contributed by atoms with Crippen molar-refractivity contribution in [2.24, 2.45) is 5.10 Å². The van der Waals surface area contributed by atoms with Crippen molar-refractivity contribution in [3.8, 4) is 17.3 Å². The molecule has 0 aliphatic carbocycles. The summed E-state index contributed by atoms with van der Waals surface area (Å²) in [4.78, 5) is 37.1. The Balaban J connectivity index is 1.26. The molecule has 200 valence electrons. The molecule has 0 atom stereocenters. The number of rotatable bonds is 8. The maximum Gasteiger partial charge on any atom is 0.307 e. The predicted octanol–water partition coefficient (Wildman–Crippen LogP) is 5.61. The van der Waals surface area contributed by atoms with E-state index in [-0.39, 0.29) is 23.0 Å². The highest BCUT2D eigenvalue weighted by molar-refractivity contribution is 5.97. The zero-order chi connectivity index (χ0) is 28.4. The first-order valence-electron chi connectivity index (χ1n) is 11.8. The van der Waals surface area contributed by atoms with E-state index in [1.54, 1.807) is 12.1 Å². The van der Waals surface area contributed by atoms with Crippen molar-refractivity contribution in [3.05, 3.63) is 116 Å². The lowest BCUT2D eigenvalue weighted by Crippen LogP contribution is -2.16. The van der Waals surface area contributed by atoms with Gasteiger partial charge >= 0.3 is 5.91 Å². The molecule has 13 nitrogen and oxygen atoms in total. The highest BCUT2D eigenvalue weighted by atomic mass is 16.6. The Morgan fingerprint density at radius 1 is 1.00 bits per heavy atom. The number of fused-ring (bicyclic) bond motifs is 1. The molecule has 1 amide bonds. The van der Waals surface area contributed by atoms with Crippen LogP contribution in [0.25, 0.3) is 16.7 Å². The van der Waals surface area contributed by atoms with E-state index in [1.807, 2.05) is 36.6 Å². The van der Waals surface area contributed by atoms with Gasteiger partial charge in [0.05, 0.1) is 16.1 Å².